The predicted molar refractivity (Wildman–Crippen MR) is 133 cm³/mol. The van der Waals surface area contributed by atoms with Gasteiger partial charge in [0.25, 0.3) is 5.56 Å². The van der Waals surface area contributed by atoms with Crippen LogP contribution in [0.4, 0.5) is 5.69 Å². The van der Waals surface area contributed by atoms with Gasteiger partial charge in [0, 0.05) is 49.2 Å². The molecule has 1 aliphatic carbocycles. The van der Waals surface area contributed by atoms with Crippen LogP contribution in [0.1, 0.15) is 12.8 Å². The fourth-order valence-electron chi connectivity index (χ4n) is 5.43. The van der Waals surface area contributed by atoms with Crippen molar-refractivity contribution in [1.82, 2.24) is 24.8 Å². The Morgan fingerprint density at radius 1 is 0.909 bits per heavy atom. The smallest absolute Gasteiger partial charge is 0.260 e. The van der Waals surface area contributed by atoms with E-state index in [1.54, 1.807) is 0 Å². The number of benzene rings is 1. The van der Waals surface area contributed by atoms with Gasteiger partial charge >= 0.3 is 0 Å². The lowest BCUT2D eigenvalue weighted by molar-refractivity contribution is 0.115. The van der Waals surface area contributed by atoms with Gasteiger partial charge in [-0.3, -0.25) is 9.69 Å². The lowest BCUT2D eigenvalue weighted by atomic mass is 10.0. The van der Waals surface area contributed by atoms with E-state index >= 15 is 0 Å². The third-order valence-corrected chi connectivity index (χ3v) is 7.37. The number of likely N-dealkylation sites (tertiary alicyclic amines) is 1. The summed E-state index contributed by atoms with van der Waals surface area (Å²) in [6.07, 6.45) is 2.57. The SMILES string of the molecule is CN1CCC(N2CCN(c3ccc4nc(-c5c6cccccc-6[nH]c5=O)[nH]c4c3)CC2)CC1. The molecule has 0 unspecified atom stereocenters. The van der Waals surface area contributed by atoms with Crippen LogP contribution in [0.25, 0.3) is 33.7 Å². The third kappa shape index (κ3) is 3.81. The number of hydrogen-bond acceptors (Lipinski definition) is 5. The molecular weight excluding hydrogens is 412 g/mol. The van der Waals surface area contributed by atoms with Crippen LogP contribution < -0.4 is 10.5 Å². The maximum atomic E-state index is 12.7. The first-order valence-corrected chi connectivity index (χ1v) is 11.9. The van der Waals surface area contributed by atoms with Gasteiger partial charge in [-0.15, -0.1) is 0 Å². The van der Waals surface area contributed by atoms with Gasteiger partial charge in [0.1, 0.15) is 5.82 Å². The Kier molecular flexibility index (Phi) is 5.15. The molecule has 0 saturated carbocycles. The fourth-order valence-corrected chi connectivity index (χ4v) is 5.43. The summed E-state index contributed by atoms with van der Waals surface area (Å²) in [5.74, 6) is 0.622. The van der Waals surface area contributed by atoms with Crippen LogP contribution in [0, 0.1) is 0 Å². The second kappa shape index (κ2) is 8.32. The fraction of sp³-hybridized carbons (Fsp3) is 0.385. The molecule has 1 aromatic carbocycles. The first-order valence-electron chi connectivity index (χ1n) is 11.9. The summed E-state index contributed by atoms with van der Waals surface area (Å²) in [5.41, 5.74) is 5.26. The highest BCUT2D eigenvalue weighted by atomic mass is 16.1. The first-order chi connectivity index (χ1) is 16.2. The lowest BCUT2D eigenvalue weighted by Gasteiger charge is -2.42. The summed E-state index contributed by atoms with van der Waals surface area (Å²) in [6, 6.07) is 16.9. The molecule has 7 heteroatoms. The van der Waals surface area contributed by atoms with E-state index in [4.69, 9.17) is 4.98 Å². The quantitative estimate of drug-likeness (QED) is 0.510. The number of piperidine rings is 1. The van der Waals surface area contributed by atoms with Crippen LogP contribution in [0.15, 0.2) is 53.3 Å². The van der Waals surface area contributed by atoms with Crippen molar-refractivity contribution < 1.29 is 0 Å². The van der Waals surface area contributed by atoms with Gasteiger partial charge in [-0.05, 0) is 57.2 Å². The zero-order chi connectivity index (χ0) is 22.4. The van der Waals surface area contributed by atoms with Crippen molar-refractivity contribution in [2.75, 3.05) is 51.2 Å². The van der Waals surface area contributed by atoms with E-state index in [1.807, 2.05) is 30.3 Å². The molecule has 2 fully saturated rings. The second-order valence-electron chi connectivity index (χ2n) is 9.41. The van der Waals surface area contributed by atoms with E-state index in [-0.39, 0.29) is 5.56 Å². The molecule has 4 aliphatic rings. The number of hydrogen-bond donors (Lipinski definition) is 2. The Morgan fingerprint density at radius 2 is 1.70 bits per heavy atom. The van der Waals surface area contributed by atoms with E-state index < -0.39 is 0 Å². The molecule has 33 heavy (non-hydrogen) atoms. The number of nitrogens with one attached hydrogen (secondary N) is 2. The molecule has 0 bridgehead atoms. The monoisotopic (exact) mass is 442 g/mol. The number of anilines is 1. The average molecular weight is 443 g/mol. The van der Waals surface area contributed by atoms with Gasteiger partial charge in [-0.1, -0.05) is 24.3 Å². The number of rotatable bonds is 3. The van der Waals surface area contributed by atoms with Crippen LogP contribution in [-0.2, 0) is 0 Å². The van der Waals surface area contributed by atoms with Crippen molar-refractivity contribution in [3.63, 3.8) is 0 Å². The van der Waals surface area contributed by atoms with Crippen molar-refractivity contribution >= 4 is 16.7 Å². The highest BCUT2D eigenvalue weighted by Gasteiger charge is 2.27. The van der Waals surface area contributed by atoms with Crippen LogP contribution in [0.2, 0.25) is 0 Å². The largest absolute Gasteiger partial charge is 0.369 e. The third-order valence-electron chi connectivity index (χ3n) is 7.37. The van der Waals surface area contributed by atoms with Crippen molar-refractivity contribution in [3.05, 3.63) is 58.9 Å². The first kappa shape index (κ1) is 20.4. The zero-order valence-corrected chi connectivity index (χ0v) is 19.1. The Hall–Kier alpha value is -3.16. The topological polar surface area (TPSA) is 71.3 Å². The molecule has 2 aromatic rings. The molecule has 7 nitrogen and oxygen atoms in total. The molecule has 170 valence electrons. The highest BCUT2D eigenvalue weighted by molar-refractivity contribution is 5.87. The van der Waals surface area contributed by atoms with Crippen LogP contribution in [-0.4, -0.2) is 77.1 Å². The normalized spacial score (nSPS) is 19.0. The predicted octanol–water partition coefficient (Wildman–Crippen LogP) is 3.24. The van der Waals surface area contributed by atoms with E-state index in [1.165, 1.54) is 31.6 Å². The number of fused-ring (bicyclic) bond motifs is 2. The number of imidazole rings is 1. The van der Waals surface area contributed by atoms with Gasteiger partial charge in [-0.2, -0.15) is 0 Å². The standard InChI is InChI=1S/C26H30N6O/c1-30-11-9-18(10-12-30)31-13-15-32(16-14-31)19-7-8-22-23(17-19)28-25(27-22)24-20-5-3-2-4-6-21(20)29-26(24)33/h2-8,17-18H,9-16H2,1H3,(H,27,28)(H,29,33). The number of piperazine rings is 1. The van der Waals surface area contributed by atoms with Gasteiger partial charge < -0.3 is 19.8 Å². The Balaban J connectivity index is 1.22. The molecular formula is C26H30N6O. The molecule has 1 aromatic heterocycles. The summed E-state index contributed by atoms with van der Waals surface area (Å²) in [4.78, 5) is 31.4. The van der Waals surface area contributed by atoms with Crippen molar-refractivity contribution in [2.45, 2.75) is 18.9 Å². The number of nitrogens with zero attached hydrogens (tertiary/aromatic N) is 4. The Morgan fingerprint density at radius 3 is 2.52 bits per heavy atom. The molecule has 2 saturated heterocycles. The molecule has 0 atom stereocenters. The Bertz CT molecular complexity index is 1290. The van der Waals surface area contributed by atoms with Gasteiger partial charge in [-0.25, -0.2) is 4.98 Å². The maximum Gasteiger partial charge on any atom is 0.260 e. The van der Waals surface area contributed by atoms with Gasteiger partial charge in [0.2, 0.25) is 0 Å². The molecule has 2 N–H and O–H groups in total. The van der Waals surface area contributed by atoms with E-state index in [0.717, 1.165) is 54.5 Å². The van der Waals surface area contributed by atoms with Gasteiger partial charge in [0.15, 0.2) is 0 Å². The molecule has 3 aliphatic heterocycles. The average Bonchev–Trinajstić information content (AvgIpc) is 3.30. The summed E-state index contributed by atoms with van der Waals surface area (Å²) >= 11 is 0. The van der Waals surface area contributed by atoms with Gasteiger partial charge in [0.05, 0.1) is 16.6 Å². The Labute approximate surface area is 193 Å². The molecule has 4 heterocycles. The number of H-pyrrole nitrogens is 2. The molecule has 0 radical (unpaired) electrons. The van der Waals surface area contributed by atoms with Crippen LogP contribution in [0.3, 0.4) is 0 Å². The van der Waals surface area contributed by atoms with E-state index in [2.05, 4.69) is 49.9 Å². The molecule has 0 spiro atoms. The zero-order valence-electron chi connectivity index (χ0n) is 19.1. The minimum Gasteiger partial charge on any atom is -0.369 e. The minimum atomic E-state index is -0.111. The van der Waals surface area contributed by atoms with Crippen molar-refractivity contribution in [3.8, 4) is 22.6 Å². The maximum absolute atomic E-state index is 12.7. The van der Waals surface area contributed by atoms with Crippen LogP contribution >= 0.6 is 0 Å². The van der Waals surface area contributed by atoms with Crippen LogP contribution in [0.5, 0.6) is 0 Å². The molecule has 6 rings (SSSR count). The summed E-state index contributed by atoms with van der Waals surface area (Å²) in [7, 11) is 2.22. The summed E-state index contributed by atoms with van der Waals surface area (Å²) < 4.78 is 0. The van der Waals surface area contributed by atoms with E-state index in [0.29, 0.717) is 11.4 Å². The summed E-state index contributed by atoms with van der Waals surface area (Å²) in [5, 5.41) is 0. The summed E-state index contributed by atoms with van der Waals surface area (Å²) in [6.45, 7) is 6.75. The van der Waals surface area contributed by atoms with Crippen molar-refractivity contribution in [2.24, 2.45) is 0 Å². The molecule has 0 amide bonds. The van der Waals surface area contributed by atoms with E-state index in [9.17, 15) is 4.79 Å². The lowest BCUT2D eigenvalue weighted by Crippen LogP contribution is -2.53. The highest BCUT2D eigenvalue weighted by Crippen LogP contribution is 2.30. The van der Waals surface area contributed by atoms with Crippen molar-refractivity contribution in [1.29, 1.82) is 0 Å². The second-order valence-corrected chi connectivity index (χ2v) is 9.41. The number of aromatic amines is 2. The number of aromatic nitrogens is 3. The minimum absolute atomic E-state index is 0.111.